The number of aromatic hydroxyl groups is 3. The lowest BCUT2D eigenvalue weighted by Gasteiger charge is -2.32. The van der Waals surface area contributed by atoms with E-state index in [2.05, 4.69) is 0 Å². The van der Waals surface area contributed by atoms with Crippen LogP contribution in [0.3, 0.4) is 0 Å². The molecule has 7 heteroatoms. The van der Waals surface area contributed by atoms with Gasteiger partial charge >= 0.3 is 0 Å². The van der Waals surface area contributed by atoms with Gasteiger partial charge in [0.15, 0.2) is 17.6 Å². The van der Waals surface area contributed by atoms with E-state index in [0.717, 1.165) is 0 Å². The summed E-state index contributed by atoms with van der Waals surface area (Å²) in [5.74, 6) is 0.0957. The SMILES string of the molecule is COCc1ccc(C2Oc3cc(O)cc(O)c3CC2O)c(OC)c1O. The maximum Gasteiger partial charge on any atom is 0.167 e. The Morgan fingerprint density at radius 1 is 1.16 bits per heavy atom. The van der Waals surface area contributed by atoms with E-state index in [4.69, 9.17) is 14.2 Å². The molecule has 0 amide bonds. The average molecular weight is 348 g/mol. The highest BCUT2D eigenvalue weighted by molar-refractivity contribution is 5.55. The highest BCUT2D eigenvalue weighted by Gasteiger charge is 2.34. The molecule has 134 valence electrons. The fourth-order valence-corrected chi connectivity index (χ4v) is 3.07. The van der Waals surface area contributed by atoms with E-state index in [1.807, 2.05) is 0 Å². The maximum atomic E-state index is 10.5. The van der Waals surface area contributed by atoms with Gasteiger partial charge in [-0.1, -0.05) is 12.1 Å². The van der Waals surface area contributed by atoms with Gasteiger partial charge in [-0.05, 0) is 0 Å². The number of hydrogen-bond acceptors (Lipinski definition) is 7. The number of benzene rings is 2. The number of aliphatic hydroxyl groups excluding tert-OH is 1. The molecular weight excluding hydrogens is 328 g/mol. The molecule has 2 aromatic carbocycles. The smallest absolute Gasteiger partial charge is 0.167 e. The Bertz CT molecular complexity index is 787. The Morgan fingerprint density at radius 3 is 2.60 bits per heavy atom. The van der Waals surface area contributed by atoms with E-state index in [1.54, 1.807) is 12.1 Å². The molecule has 2 unspecified atom stereocenters. The highest BCUT2D eigenvalue weighted by Crippen LogP contribution is 2.45. The first-order valence-electron chi connectivity index (χ1n) is 7.73. The van der Waals surface area contributed by atoms with Crippen molar-refractivity contribution in [2.24, 2.45) is 0 Å². The van der Waals surface area contributed by atoms with Crippen LogP contribution in [0.4, 0.5) is 0 Å². The molecule has 0 spiro atoms. The largest absolute Gasteiger partial charge is 0.508 e. The minimum Gasteiger partial charge on any atom is -0.508 e. The fraction of sp³-hybridized carbons (Fsp3) is 0.333. The van der Waals surface area contributed by atoms with Crippen LogP contribution in [0, 0.1) is 0 Å². The molecular formula is C18H20O7. The van der Waals surface area contributed by atoms with Crippen LogP contribution < -0.4 is 9.47 Å². The van der Waals surface area contributed by atoms with Gasteiger partial charge in [0.2, 0.25) is 0 Å². The number of fused-ring (bicyclic) bond motifs is 1. The molecule has 4 N–H and O–H groups in total. The molecule has 1 heterocycles. The summed E-state index contributed by atoms with van der Waals surface area (Å²) in [7, 11) is 2.93. The summed E-state index contributed by atoms with van der Waals surface area (Å²) in [6, 6.07) is 5.93. The van der Waals surface area contributed by atoms with Gasteiger partial charge in [0.25, 0.3) is 0 Å². The number of hydrogen-bond donors (Lipinski definition) is 4. The van der Waals surface area contributed by atoms with E-state index in [0.29, 0.717) is 16.7 Å². The molecule has 0 bridgehead atoms. The molecule has 2 aromatic rings. The first kappa shape index (κ1) is 17.2. The van der Waals surface area contributed by atoms with Gasteiger partial charge in [-0.3, -0.25) is 0 Å². The maximum absolute atomic E-state index is 10.5. The van der Waals surface area contributed by atoms with Crippen LogP contribution in [-0.4, -0.2) is 40.7 Å². The molecule has 1 aliphatic rings. The molecule has 0 aromatic heterocycles. The number of rotatable bonds is 4. The predicted molar refractivity (Wildman–Crippen MR) is 88.2 cm³/mol. The van der Waals surface area contributed by atoms with E-state index in [-0.39, 0.29) is 41.8 Å². The standard InChI is InChI=1S/C18H20O7/c1-23-8-9-3-4-11(18(24-2)16(9)22)17-14(21)7-12-13(20)5-10(19)6-15(12)25-17/h3-6,14,17,19-22H,7-8H2,1-2H3. The van der Waals surface area contributed by atoms with Gasteiger partial charge in [0.1, 0.15) is 17.2 Å². The van der Waals surface area contributed by atoms with Crippen LogP contribution in [-0.2, 0) is 17.8 Å². The Balaban J connectivity index is 2.03. The molecule has 3 rings (SSSR count). The molecule has 0 aliphatic carbocycles. The van der Waals surface area contributed by atoms with E-state index >= 15 is 0 Å². The Morgan fingerprint density at radius 2 is 1.92 bits per heavy atom. The van der Waals surface area contributed by atoms with Crippen LogP contribution >= 0.6 is 0 Å². The molecule has 0 radical (unpaired) electrons. The van der Waals surface area contributed by atoms with Crippen LogP contribution in [0.2, 0.25) is 0 Å². The van der Waals surface area contributed by atoms with Crippen molar-refractivity contribution in [3.63, 3.8) is 0 Å². The predicted octanol–water partition coefficient (Wildman–Crippen LogP) is 2.00. The Hall–Kier alpha value is -2.64. The molecule has 1 aliphatic heterocycles. The second-order valence-electron chi connectivity index (χ2n) is 5.88. The van der Waals surface area contributed by atoms with Crippen molar-refractivity contribution in [1.29, 1.82) is 0 Å². The van der Waals surface area contributed by atoms with Crippen molar-refractivity contribution in [1.82, 2.24) is 0 Å². The van der Waals surface area contributed by atoms with E-state index < -0.39 is 12.2 Å². The molecule has 25 heavy (non-hydrogen) atoms. The monoisotopic (exact) mass is 348 g/mol. The van der Waals surface area contributed by atoms with Gasteiger partial charge < -0.3 is 34.6 Å². The van der Waals surface area contributed by atoms with Crippen molar-refractivity contribution in [3.8, 4) is 28.7 Å². The number of methoxy groups -OCH3 is 2. The lowest BCUT2D eigenvalue weighted by Crippen LogP contribution is -2.30. The zero-order valence-electron chi connectivity index (χ0n) is 13.9. The second kappa shape index (κ2) is 6.70. The number of aliphatic hydroxyl groups is 1. The molecule has 0 fully saturated rings. The van der Waals surface area contributed by atoms with Gasteiger partial charge in [0, 0.05) is 42.4 Å². The normalized spacial score (nSPS) is 19.2. The number of phenolic OH excluding ortho intramolecular Hbond substituents is 3. The first-order valence-corrected chi connectivity index (χ1v) is 7.73. The number of phenols is 3. The van der Waals surface area contributed by atoms with E-state index in [1.165, 1.54) is 26.4 Å². The summed E-state index contributed by atoms with van der Waals surface area (Å²) in [5.41, 5.74) is 1.42. The van der Waals surface area contributed by atoms with E-state index in [9.17, 15) is 20.4 Å². The van der Waals surface area contributed by atoms with Crippen LogP contribution in [0.25, 0.3) is 0 Å². The first-order chi connectivity index (χ1) is 12.0. The quantitative estimate of drug-likeness (QED) is 0.669. The topological polar surface area (TPSA) is 109 Å². The fourth-order valence-electron chi connectivity index (χ4n) is 3.07. The Kier molecular flexibility index (Phi) is 4.61. The lowest BCUT2D eigenvalue weighted by molar-refractivity contribution is 0.0183. The van der Waals surface area contributed by atoms with Gasteiger partial charge in [-0.15, -0.1) is 0 Å². The molecule has 0 saturated carbocycles. The van der Waals surface area contributed by atoms with Crippen molar-refractivity contribution < 1.29 is 34.6 Å². The summed E-state index contributed by atoms with van der Waals surface area (Å²) in [6.07, 6.45) is -1.66. The third kappa shape index (κ3) is 3.04. The number of ether oxygens (including phenoxy) is 3. The zero-order chi connectivity index (χ0) is 18.1. The minimum absolute atomic E-state index is 0.0813. The minimum atomic E-state index is -0.968. The van der Waals surface area contributed by atoms with Crippen molar-refractivity contribution in [2.75, 3.05) is 14.2 Å². The van der Waals surface area contributed by atoms with Gasteiger partial charge in [0.05, 0.1) is 19.8 Å². The summed E-state index contributed by atoms with van der Waals surface area (Å²) >= 11 is 0. The van der Waals surface area contributed by atoms with Crippen LogP contribution in [0.5, 0.6) is 28.7 Å². The Labute approximate surface area is 144 Å². The summed E-state index contributed by atoms with van der Waals surface area (Å²) in [4.78, 5) is 0. The van der Waals surface area contributed by atoms with Gasteiger partial charge in [-0.25, -0.2) is 0 Å². The molecule has 7 nitrogen and oxygen atoms in total. The summed E-state index contributed by atoms with van der Waals surface area (Å²) in [6.45, 7) is 0.209. The second-order valence-corrected chi connectivity index (χ2v) is 5.88. The van der Waals surface area contributed by atoms with Crippen molar-refractivity contribution >= 4 is 0 Å². The van der Waals surface area contributed by atoms with Crippen molar-refractivity contribution in [2.45, 2.75) is 25.2 Å². The average Bonchev–Trinajstić information content (AvgIpc) is 2.57. The zero-order valence-corrected chi connectivity index (χ0v) is 13.9. The summed E-state index contributed by atoms with van der Waals surface area (Å²) in [5, 5.41) is 40.4. The molecule has 2 atom stereocenters. The van der Waals surface area contributed by atoms with Crippen LogP contribution in [0.15, 0.2) is 24.3 Å². The van der Waals surface area contributed by atoms with Gasteiger partial charge in [-0.2, -0.15) is 0 Å². The third-order valence-corrected chi connectivity index (χ3v) is 4.24. The van der Waals surface area contributed by atoms with Crippen LogP contribution in [0.1, 0.15) is 22.8 Å². The highest BCUT2D eigenvalue weighted by atomic mass is 16.5. The molecule has 0 saturated heterocycles. The summed E-state index contributed by atoms with van der Waals surface area (Å²) < 4.78 is 16.1. The third-order valence-electron chi connectivity index (χ3n) is 4.24. The van der Waals surface area contributed by atoms with Crippen molar-refractivity contribution in [3.05, 3.63) is 41.0 Å². The lowest BCUT2D eigenvalue weighted by atomic mass is 9.92.